The van der Waals surface area contributed by atoms with Gasteiger partial charge in [0, 0.05) is 0 Å². The fourth-order valence-corrected chi connectivity index (χ4v) is 5.77. The topological polar surface area (TPSA) is 94.5 Å². The van der Waals surface area contributed by atoms with Crippen LogP contribution in [0.25, 0.3) is 0 Å². The Morgan fingerprint density at radius 2 is 1.55 bits per heavy atom. The number of hydrogen-bond acceptors (Lipinski definition) is 6. The third-order valence-corrected chi connectivity index (χ3v) is 7.11. The lowest BCUT2D eigenvalue weighted by molar-refractivity contribution is 0.131. The van der Waals surface area contributed by atoms with Crippen molar-refractivity contribution < 1.29 is 33.0 Å². The number of hydrogen-bond donors (Lipinski definition) is 1. The highest BCUT2D eigenvalue weighted by Crippen LogP contribution is 2.67. The number of carboxylic acid groups (broad SMARTS) is 1. The van der Waals surface area contributed by atoms with Gasteiger partial charge in [-0.15, -0.1) is 0 Å². The first-order valence-corrected chi connectivity index (χ1v) is 11.2. The molecule has 0 saturated heterocycles. The molecule has 9 heteroatoms. The Morgan fingerprint density at radius 1 is 0.903 bits per heavy atom. The van der Waals surface area contributed by atoms with Gasteiger partial charge in [0.05, 0.1) is 6.54 Å². The molecule has 1 amide bonds. The molecule has 1 unspecified atom stereocenters. The van der Waals surface area contributed by atoms with E-state index in [1.807, 2.05) is 18.2 Å². The predicted octanol–water partition coefficient (Wildman–Crippen LogP) is 5.26. The van der Waals surface area contributed by atoms with E-state index in [4.69, 9.17) is 18.5 Å². The van der Waals surface area contributed by atoms with Crippen molar-refractivity contribution in [3.8, 4) is 23.0 Å². The summed E-state index contributed by atoms with van der Waals surface area (Å²) in [6.45, 7) is 0.0502. The molecule has 0 fully saturated rings. The van der Waals surface area contributed by atoms with Crippen LogP contribution in [0.1, 0.15) is 16.9 Å². The second-order valence-corrected chi connectivity index (χ2v) is 8.99. The highest BCUT2D eigenvalue weighted by molar-refractivity contribution is 7.55. The van der Waals surface area contributed by atoms with E-state index in [1.54, 1.807) is 54.6 Å². The Labute approximate surface area is 178 Å². The maximum Gasteiger partial charge on any atom is 0.458 e. The molecule has 3 aromatic rings. The van der Waals surface area contributed by atoms with E-state index in [-0.39, 0.29) is 13.3 Å². The maximum absolute atomic E-state index is 14.0. The highest BCUT2D eigenvalue weighted by atomic mass is 31.2. The lowest BCUT2D eigenvalue weighted by Crippen LogP contribution is -2.34. The van der Waals surface area contributed by atoms with E-state index < -0.39 is 19.5 Å². The lowest BCUT2D eigenvalue weighted by Gasteiger charge is -2.31. The maximum atomic E-state index is 14.0. The average Bonchev–Trinajstić information content (AvgIpc) is 3.37. The summed E-state index contributed by atoms with van der Waals surface area (Å²) in [5, 5.41) is 10.1. The van der Waals surface area contributed by atoms with Crippen LogP contribution in [0, 0.1) is 0 Å². The standard InChI is InChI=1S/C22H18NO7P/c24-22(25)23(13-15-6-2-1-3-7-15)21(16-10-11-17-20(12-16)28-14-27-17)31(26)29-18-8-4-5-9-19(18)30-31/h1-12,21H,13-14H2,(H,24,25). The van der Waals surface area contributed by atoms with Gasteiger partial charge in [-0.2, -0.15) is 0 Å². The molecule has 0 bridgehead atoms. The number of nitrogens with zero attached hydrogens (tertiary/aromatic N) is 1. The molecule has 1 atom stereocenters. The molecule has 0 aromatic heterocycles. The van der Waals surface area contributed by atoms with Crippen LogP contribution in [0.3, 0.4) is 0 Å². The van der Waals surface area contributed by atoms with Crippen molar-refractivity contribution in [3.05, 3.63) is 83.9 Å². The molecule has 0 saturated carbocycles. The first-order chi connectivity index (χ1) is 15.0. The number of amides is 1. The predicted molar refractivity (Wildman–Crippen MR) is 111 cm³/mol. The zero-order valence-electron chi connectivity index (χ0n) is 16.2. The first-order valence-electron chi connectivity index (χ1n) is 9.54. The van der Waals surface area contributed by atoms with E-state index >= 15 is 0 Å². The van der Waals surface area contributed by atoms with Crippen molar-refractivity contribution in [1.82, 2.24) is 4.90 Å². The van der Waals surface area contributed by atoms with E-state index in [1.165, 1.54) is 0 Å². The van der Waals surface area contributed by atoms with Gasteiger partial charge in [0.15, 0.2) is 28.8 Å². The van der Waals surface area contributed by atoms with Crippen LogP contribution in [-0.4, -0.2) is 22.9 Å². The van der Waals surface area contributed by atoms with Gasteiger partial charge in [0.1, 0.15) is 0 Å². The lowest BCUT2D eigenvalue weighted by atomic mass is 10.1. The van der Waals surface area contributed by atoms with E-state index in [2.05, 4.69) is 0 Å². The minimum Gasteiger partial charge on any atom is -0.465 e. The number of rotatable bonds is 5. The number of fused-ring (bicyclic) bond motifs is 2. The zero-order chi connectivity index (χ0) is 21.4. The van der Waals surface area contributed by atoms with Crippen molar-refractivity contribution in [2.75, 3.05) is 6.79 Å². The third-order valence-electron chi connectivity index (χ3n) is 5.03. The van der Waals surface area contributed by atoms with Crippen molar-refractivity contribution in [1.29, 1.82) is 0 Å². The van der Waals surface area contributed by atoms with Gasteiger partial charge in [-0.25, -0.2) is 9.36 Å². The van der Waals surface area contributed by atoms with Crippen LogP contribution in [0.5, 0.6) is 23.0 Å². The van der Waals surface area contributed by atoms with E-state index in [0.29, 0.717) is 28.6 Å². The summed E-state index contributed by atoms with van der Waals surface area (Å²) in [7, 11) is -4.01. The van der Waals surface area contributed by atoms with Gasteiger partial charge in [0.25, 0.3) is 0 Å². The summed E-state index contributed by atoms with van der Waals surface area (Å²) in [6.07, 6.45) is -1.26. The van der Waals surface area contributed by atoms with E-state index in [0.717, 1.165) is 10.5 Å². The van der Waals surface area contributed by atoms with Crippen LogP contribution in [0.2, 0.25) is 0 Å². The van der Waals surface area contributed by atoms with Crippen molar-refractivity contribution in [3.63, 3.8) is 0 Å². The summed E-state index contributed by atoms with van der Waals surface area (Å²) in [4.78, 5) is 13.4. The van der Waals surface area contributed by atoms with Crippen LogP contribution in [-0.2, 0) is 11.1 Å². The van der Waals surface area contributed by atoms with Crippen molar-refractivity contribution >= 4 is 13.7 Å². The Kier molecular flexibility index (Phi) is 4.71. The van der Waals surface area contributed by atoms with Gasteiger partial charge >= 0.3 is 13.7 Å². The summed E-state index contributed by atoms with van der Waals surface area (Å²) in [5.74, 6) is 0.355. The molecular formula is C22H18NO7P. The summed E-state index contributed by atoms with van der Waals surface area (Å²) >= 11 is 0. The minimum absolute atomic E-state index is 0.0116. The monoisotopic (exact) mass is 439 g/mol. The van der Waals surface area contributed by atoms with Gasteiger partial charge in [0.2, 0.25) is 6.79 Å². The Morgan fingerprint density at radius 3 is 2.23 bits per heavy atom. The normalized spacial score (nSPS) is 16.0. The summed E-state index contributed by atoms with van der Waals surface area (Å²) in [6, 6.07) is 20.7. The molecule has 0 aliphatic carbocycles. The molecule has 158 valence electrons. The van der Waals surface area contributed by atoms with E-state index in [9.17, 15) is 14.5 Å². The fraction of sp³-hybridized carbons (Fsp3) is 0.136. The summed E-state index contributed by atoms with van der Waals surface area (Å²) < 4.78 is 36.3. The smallest absolute Gasteiger partial charge is 0.458 e. The Hall–Kier alpha value is -3.64. The Bertz CT molecular complexity index is 1150. The van der Waals surface area contributed by atoms with Gasteiger partial charge in [-0.05, 0) is 35.4 Å². The molecular weight excluding hydrogens is 421 g/mol. The zero-order valence-corrected chi connectivity index (χ0v) is 17.1. The second-order valence-electron chi connectivity index (χ2n) is 7.05. The molecule has 2 aliphatic heterocycles. The van der Waals surface area contributed by atoms with Crippen LogP contribution >= 0.6 is 7.60 Å². The Balaban J connectivity index is 1.60. The van der Waals surface area contributed by atoms with Crippen LogP contribution < -0.4 is 18.5 Å². The fourth-order valence-electron chi connectivity index (χ4n) is 3.64. The number of ether oxygens (including phenoxy) is 2. The van der Waals surface area contributed by atoms with Crippen LogP contribution in [0.4, 0.5) is 4.79 Å². The highest BCUT2D eigenvalue weighted by Gasteiger charge is 2.50. The average molecular weight is 439 g/mol. The number of carbonyl (C=O) groups is 1. The number of para-hydroxylation sites is 2. The molecule has 1 N–H and O–H groups in total. The van der Waals surface area contributed by atoms with Crippen molar-refractivity contribution in [2.45, 2.75) is 12.3 Å². The van der Waals surface area contributed by atoms with Gasteiger partial charge in [-0.3, -0.25) is 4.90 Å². The SMILES string of the molecule is O=C(O)N(Cc1ccccc1)C(c1ccc2c(c1)OCO2)P1(=O)Oc2ccccc2O1. The molecule has 31 heavy (non-hydrogen) atoms. The molecule has 8 nitrogen and oxygen atoms in total. The number of benzene rings is 3. The largest absolute Gasteiger partial charge is 0.465 e. The van der Waals surface area contributed by atoms with Gasteiger partial charge in [-0.1, -0.05) is 48.5 Å². The third kappa shape index (κ3) is 3.55. The van der Waals surface area contributed by atoms with Gasteiger partial charge < -0.3 is 23.6 Å². The molecule has 2 aliphatic rings. The van der Waals surface area contributed by atoms with Crippen LogP contribution in [0.15, 0.2) is 72.8 Å². The quantitative estimate of drug-likeness (QED) is 0.542. The molecule has 2 heterocycles. The molecule has 5 rings (SSSR count). The summed E-state index contributed by atoms with van der Waals surface area (Å²) in [5.41, 5.74) is 1.15. The molecule has 0 radical (unpaired) electrons. The second kappa shape index (κ2) is 7.56. The molecule has 3 aromatic carbocycles. The molecule has 0 spiro atoms. The van der Waals surface area contributed by atoms with Crippen molar-refractivity contribution in [2.24, 2.45) is 0 Å². The first kappa shape index (κ1) is 19.3. The minimum atomic E-state index is -4.01.